The van der Waals surface area contributed by atoms with E-state index in [1.165, 1.54) is 0 Å². The van der Waals surface area contributed by atoms with Crippen LogP contribution in [0, 0.1) is 0 Å². The van der Waals surface area contributed by atoms with Crippen LogP contribution in [0.15, 0.2) is 22.8 Å². The Morgan fingerprint density at radius 3 is 2.62 bits per heavy atom. The molecule has 3 heteroatoms. The number of hydrogen-bond acceptors (Lipinski definition) is 1. The number of aromatic nitrogens is 1. The van der Waals surface area contributed by atoms with Crippen molar-refractivity contribution in [2.75, 3.05) is 0 Å². The molecule has 0 radical (unpaired) electrons. The number of hydrogen-bond donors (Lipinski definition) is 0. The van der Waals surface area contributed by atoms with E-state index >= 15 is 0 Å². The first-order valence-corrected chi connectivity index (χ1v) is 3.17. The van der Waals surface area contributed by atoms with E-state index in [4.69, 9.17) is 0 Å². The van der Waals surface area contributed by atoms with E-state index in [1.807, 2.05) is 35.9 Å². The molecule has 1 aromatic heterocycles. The monoisotopic (exact) mass is 163 g/mol. The molecule has 1 rings (SSSR count). The molecule has 0 spiro atoms. The third kappa shape index (κ3) is 1.63. The maximum absolute atomic E-state index is 4.09. The van der Waals surface area contributed by atoms with Crippen LogP contribution in [0.4, 0.5) is 0 Å². The van der Waals surface area contributed by atoms with Gasteiger partial charge in [-0.1, -0.05) is 0 Å². The van der Waals surface area contributed by atoms with Crippen molar-refractivity contribution in [1.29, 1.82) is 0 Å². The molecule has 0 N–H and O–H groups in total. The van der Waals surface area contributed by atoms with Crippen LogP contribution in [0.2, 0.25) is 0 Å². The third-order valence-corrected chi connectivity index (χ3v) is 1.30. The van der Waals surface area contributed by atoms with Gasteiger partial charge in [0.15, 0.2) is 0 Å². The number of pyridine rings is 1. The molecule has 0 unspecified atom stereocenters. The third-order valence-electron chi connectivity index (χ3n) is 0.854. The topological polar surface area (TPSA) is 12.9 Å². The van der Waals surface area contributed by atoms with Crippen molar-refractivity contribution in [3.05, 3.63) is 22.8 Å². The van der Waals surface area contributed by atoms with Gasteiger partial charge >= 0.3 is 65.8 Å². The van der Waals surface area contributed by atoms with Gasteiger partial charge in [0.2, 0.25) is 0 Å². The summed E-state index contributed by atoms with van der Waals surface area (Å²) in [5.41, 5.74) is 0. The molecule has 1 nitrogen and oxygen atoms in total. The molecule has 1 aromatic rings. The van der Waals surface area contributed by atoms with E-state index in [2.05, 4.69) is 20.9 Å². The first-order chi connectivity index (χ1) is 3.79. The zero-order valence-electron chi connectivity index (χ0n) is 4.56. The summed E-state index contributed by atoms with van der Waals surface area (Å²) in [5, 5.41) is 0. The van der Waals surface area contributed by atoms with Crippen LogP contribution in [-0.2, 0) is 0 Å². The second kappa shape index (κ2) is 2.68. The zero-order chi connectivity index (χ0) is 5.98. The minimum absolute atomic E-state index is 0.900. The number of nitrogens with zero attached hydrogens (tertiary/aromatic N) is 1. The summed E-state index contributed by atoms with van der Waals surface area (Å²) in [6, 6.07) is 5.84. The summed E-state index contributed by atoms with van der Waals surface area (Å²) in [6.45, 7) is 0. The molecule has 36 valence electrons. The number of rotatable bonds is 0. The molecule has 0 saturated carbocycles. The van der Waals surface area contributed by atoms with Crippen molar-refractivity contribution in [3.63, 3.8) is 0 Å². The Morgan fingerprint density at radius 1 is 1.50 bits per heavy atom. The fourth-order valence-corrected chi connectivity index (χ4v) is 0.942. The Balaban J connectivity index is 3.08. The molecule has 0 fully saturated rings. The van der Waals surface area contributed by atoms with Crippen LogP contribution < -0.4 is 4.37 Å². The van der Waals surface area contributed by atoms with Crippen molar-refractivity contribution in [1.82, 2.24) is 4.98 Å². The fourth-order valence-electron chi connectivity index (χ4n) is 0.510. The van der Waals surface area contributed by atoms with Gasteiger partial charge in [-0.25, -0.2) is 0 Å². The molecule has 1 heterocycles. The standard InChI is InChI=1S/C5H3BrN.Li/c6-5-3-1-2-4-7-5;/h1-3H;. The summed E-state index contributed by atoms with van der Waals surface area (Å²) in [6.07, 6.45) is 0. The summed E-state index contributed by atoms with van der Waals surface area (Å²) >= 11 is 5.21. The van der Waals surface area contributed by atoms with Gasteiger partial charge in [0.05, 0.1) is 0 Å². The molecular weight excluding hydrogens is 161 g/mol. The van der Waals surface area contributed by atoms with Gasteiger partial charge in [0, 0.05) is 0 Å². The van der Waals surface area contributed by atoms with Crippen molar-refractivity contribution in [3.8, 4) is 0 Å². The van der Waals surface area contributed by atoms with Crippen molar-refractivity contribution >= 4 is 38.0 Å². The van der Waals surface area contributed by atoms with Gasteiger partial charge in [-0.15, -0.1) is 0 Å². The van der Waals surface area contributed by atoms with Gasteiger partial charge in [-0.05, 0) is 0 Å². The minimum atomic E-state index is 0.900. The Bertz CT molecular complexity index is 172. The van der Waals surface area contributed by atoms with E-state index in [0.29, 0.717) is 0 Å². The first kappa shape index (κ1) is 6.35. The van der Waals surface area contributed by atoms with Crippen LogP contribution in [0.5, 0.6) is 0 Å². The predicted molar refractivity (Wildman–Crippen MR) is 37.3 cm³/mol. The van der Waals surface area contributed by atoms with Gasteiger partial charge in [-0.3, -0.25) is 0 Å². The van der Waals surface area contributed by atoms with Gasteiger partial charge < -0.3 is 0 Å². The average molecular weight is 164 g/mol. The first-order valence-electron chi connectivity index (χ1n) is 2.38. The Hall–Kier alpha value is 0.227. The molecule has 0 atom stereocenters. The Morgan fingerprint density at radius 2 is 2.25 bits per heavy atom. The van der Waals surface area contributed by atoms with Gasteiger partial charge in [0.1, 0.15) is 0 Å². The van der Waals surface area contributed by atoms with Gasteiger partial charge in [-0.2, -0.15) is 0 Å². The molecule has 0 aliphatic carbocycles. The van der Waals surface area contributed by atoms with Crippen LogP contribution >= 0.6 is 15.9 Å². The Kier molecular flexibility index (Phi) is 2.13. The molecule has 0 aliphatic rings. The summed E-state index contributed by atoms with van der Waals surface area (Å²) in [5.74, 6) is 0. The number of halogens is 1. The van der Waals surface area contributed by atoms with E-state index in [9.17, 15) is 0 Å². The SMILES string of the molecule is [Li][c]1cccc(Br)n1. The van der Waals surface area contributed by atoms with E-state index in [1.54, 1.807) is 0 Å². The molecule has 0 saturated heterocycles. The summed E-state index contributed by atoms with van der Waals surface area (Å²) in [7, 11) is 0. The van der Waals surface area contributed by atoms with Crippen LogP contribution in [0.3, 0.4) is 0 Å². The second-order valence-electron chi connectivity index (χ2n) is 1.60. The fraction of sp³-hybridized carbons (Fsp3) is 0. The van der Waals surface area contributed by atoms with E-state index in [0.717, 1.165) is 8.97 Å². The average Bonchev–Trinajstić information content (AvgIpc) is 1.64. The van der Waals surface area contributed by atoms with Gasteiger partial charge in [0.25, 0.3) is 0 Å². The molecule has 0 aromatic carbocycles. The zero-order valence-corrected chi connectivity index (χ0v) is 6.14. The summed E-state index contributed by atoms with van der Waals surface area (Å²) in [4.78, 5) is 4.09. The van der Waals surface area contributed by atoms with Crippen molar-refractivity contribution < 1.29 is 0 Å². The molecule has 8 heavy (non-hydrogen) atoms. The molecule has 0 amide bonds. The normalized spacial score (nSPS) is 9.38. The molecule has 0 bridgehead atoms. The molecule has 0 aliphatic heterocycles. The molecular formula is C5H3BrLiN. The second-order valence-corrected chi connectivity index (χ2v) is 2.41. The Labute approximate surface area is 65.8 Å². The van der Waals surface area contributed by atoms with Crippen LogP contribution in [0.25, 0.3) is 0 Å². The van der Waals surface area contributed by atoms with Crippen LogP contribution in [0.1, 0.15) is 0 Å². The van der Waals surface area contributed by atoms with Crippen LogP contribution in [-0.4, -0.2) is 22.7 Å². The maximum atomic E-state index is 4.09. The quantitative estimate of drug-likeness (QED) is 0.405. The van der Waals surface area contributed by atoms with Crippen molar-refractivity contribution in [2.45, 2.75) is 0 Å². The summed E-state index contributed by atoms with van der Waals surface area (Å²) < 4.78 is 1.94. The predicted octanol–water partition coefficient (Wildman–Crippen LogP) is 0.638. The van der Waals surface area contributed by atoms with E-state index < -0.39 is 0 Å². The van der Waals surface area contributed by atoms with Crippen molar-refractivity contribution in [2.24, 2.45) is 0 Å². The van der Waals surface area contributed by atoms with E-state index in [-0.39, 0.29) is 0 Å².